The fourth-order valence-electron chi connectivity index (χ4n) is 1.81. The SMILES string of the molecule is CC(Sc1cc(Cl)ccc1Cl)C(=O)NCCNC(=O)c1ccco1. The monoisotopic (exact) mass is 386 g/mol. The van der Waals surface area contributed by atoms with E-state index in [0.29, 0.717) is 23.1 Å². The van der Waals surface area contributed by atoms with Crippen LogP contribution < -0.4 is 10.6 Å². The van der Waals surface area contributed by atoms with E-state index in [1.54, 1.807) is 37.3 Å². The van der Waals surface area contributed by atoms with E-state index in [0.717, 1.165) is 4.90 Å². The lowest BCUT2D eigenvalue weighted by Gasteiger charge is -2.13. The molecule has 0 aliphatic carbocycles. The molecule has 0 aliphatic heterocycles. The molecule has 0 fully saturated rings. The van der Waals surface area contributed by atoms with Crippen molar-refractivity contribution in [3.8, 4) is 0 Å². The average Bonchev–Trinajstić information content (AvgIpc) is 3.09. The van der Waals surface area contributed by atoms with Crippen molar-refractivity contribution in [3.05, 3.63) is 52.4 Å². The number of benzene rings is 1. The van der Waals surface area contributed by atoms with Crippen LogP contribution in [-0.2, 0) is 4.79 Å². The molecule has 1 aromatic heterocycles. The first-order valence-corrected chi connectivity index (χ1v) is 8.82. The van der Waals surface area contributed by atoms with Crippen LogP contribution in [-0.4, -0.2) is 30.2 Å². The summed E-state index contributed by atoms with van der Waals surface area (Å²) in [6.45, 7) is 2.40. The molecule has 0 aliphatic rings. The Bertz CT molecular complexity index is 707. The standard InChI is InChI=1S/C16H16Cl2N2O3S/c1-10(24-14-9-11(17)4-5-12(14)18)15(21)19-6-7-20-16(22)13-3-2-8-23-13/h2-5,8-10H,6-7H2,1H3,(H,19,21)(H,20,22). The Morgan fingerprint density at radius 3 is 2.67 bits per heavy atom. The van der Waals surface area contributed by atoms with Gasteiger partial charge in [-0.05, 0) is 37.3 Å². The second kappa shape index (κ2) is 9.01. The van der Waals surface area contributed by atoms with Crippen LogP contribution in [0, 0.1) is 0 Å². The zero-order chi connectivity index (χ0) is 17.5. The maximum atomic E-state index is 12.1. The van der Waals surface area contributed by atoms with Crippen LogP contribution in [0.3, 0.4) is 0 Å². The number of carbonyl (C=O) groups excluding carboxylic acids is 2. The molecule has 5 nitrogen and oxygen atoms in total. The van der Waals surface area contributed by atoms with Gasteiger partial charge in [-0.15, -0.1) is 11.8 Å². The van der Waals surface area contributed by atoms with Crippen molar-refractivity contribution in [2.75, 3.05) is 13.1 Å². The molecular weight excluding hydrogens is 371 g/mol. The minimum atomic E-state index is -0.346. The van der Waals surface area contributed by atoms with Crippen molar-refractivity contribution >= 4 is 46.8 Å². The van der Waals surface area contributed by atoms with Crippen LogP contribution in [0.25, 0.3) is 0 Å². The summed E-state index contributed by atoms with van der Waals surface area (Å²) in [4.78, 5) is 24.5. The molecule has 0 saturated heterocycles. The second-order valence-electron chi connectivity index (χ2n) is 4.86. The zero-order valence-electron chi connectivity index (χ0n) is 12.8. The first kappa shape index (κ1) is 18.7. The molecule has 128 valence electrons. The van der Waals surface area contributed by atoms with Crippen molar-refractivity contribution < 1.29 is 14.0 Å². The van der Waals surface area contributed by atoms with Crippen molar-refractivity contribution in [1.82, 2.24) is 10.6 Å². The Kier molecular flexibility index (Phi) is 7.02. The van der Waals surface area contributed by atoms with Gasteiger partial charge in [-0.25, -0.2) is 0 Å². The topological polar surface area (TPSA) is 71.3 Å². The van der Waals surface area contributed by atoms with Crippen LogP contribution in [0.15, 0.2) is 45.9 Å². The van der Waals surface area contributed by atoms with Gasteiger partial charge >= 0.3 is 0 Å². The maximum Gasteiger partial charge on any atom is 0.287 e. The summed E-state index contributed by atoms with van der Waals surface area (Å²) in [5.41, 5.74) is 0. The summed E-state index contributed by atoms with van der Waals surface area (Å²) in [7, 11) is 0. The highest BCUT2D eigenvalue weighted by Gasteiger charge is 2.16. The Morgan fingerprint density at radius 2 is 1.96 bits per heavy atom. The molecule has 2 aromatic rings. The highest BCUT2D eigenvalue weighted by Crippen LogP contribution is 2.32. The summed E-state index contributed by atoms with van der Waals surface area (Å²) < 4.78 is 4.97. The maximum absolute atomic E-state index is 12.1. The van der Waals surface area contributed by atoms with Gasteiger partial charge in [0.05, 0.1) is 16.5 Å². The number of hydrogen-bond donors (Lipinski definition) is 2. The summed E-state index contributed by atoms with van der Waals surface area (Å²) in [6, 6.07) is 8.32. The number of carbonyl (C=O) groups is 2. The third-order valence-electron chi connectivity index (χ3n) is 3.02. The third kappa shape index (κ3) is 5.47. The number of amides is 2. The van der Waals surface area contributed by atoms with E-state index in [2.05, 4.69) is 10.6 Å². The molecule has 8 heteroatoms. The number of halogens is 2. The molecule has 1 heterocycles. The molecule has 24 heavy (non-hydrogen) atoms. The Morgan fingerprint density at radius 1 is 1.21 bits per heavy atom. The molecule has 1 unspecified atom stereocenters. The van der Waals surface area contributed by atoms with E-state index in [1.807, 2.05) is 0 Å². The van der Waals surface area contributed by atoms with Crippen LogP contribution in [0.1, 0.15) is 17.5 Å². The predicted octanol–water partition coefficient (Wildman–Crippen LogP) is 3.61. The fourth-order valence-corrected chi connectivity index (χ4v) is 3.25. The Balaban J connectivity index is 1.73. The summed E-state index contributed by atoms with van der Waals surface area (Å²) >= 11 is 13.3. The van der Waals surface area contributed by atoms with Crippen LogP contribution >= 0.6 is 35.0 Å². The smallest absolute Gasteiger partial charge is 0.287 e. The number of hydrogen-bond acceptors (Lipinski definition) is 4. The van der Waals surface area contributed by atoms with Crippen LogP contribution in [0.2, 0.25) is 10.0 Å². The first-order valence-electron chi connectivity index (χ1n) is 7.18. The van der Waals surface area contributed by atoms with Crippen molar-refractivity contribution in [2.24, 2.45) is 0 Å². The van der Waals surface area contributed by atoms with E-state index < -0.39 is 0 Å². The van der Waals surface area contributed by atoms with Gasteiger partial charge in [-0.1, -0.05) is 23.2 Å². The van der Waals surface area contributed by atoms with Gasteiger partial charge < -0.3 is 15.1 Å². The van der Waals surface area contributed by atoms with Gasteiger partial charge in [-0.3, -0.25) is 9.59 Å². The minimum Gasteiger partial charge on any atom is -0.459 e. The molecule has 2 N–H and O–H groups in total. The Hall–Kier alpha value is -1.63. The highest BCUT2D eigenvalue weighted by molar-refractivity contribution is 8.00. The second-order valence-corrected chi connectivity index (χ2v) is 7.09. The zero-order valence-corrected chi connectivity index (χ0v) is 15.2. The predicted molar refractivity (Wildman–Crippen MR) is 95.8 cm³/mol. The van der Waals surface area contributed by atoms with Gasteiger partial charge in [0, 0.05) is 23.0 Å². The fraction of sp³-hybridized carbons (Fsp3) is 0.250. The lowest BCUT2D eigenvalue weighted by Crippen LogP contribution is -2.37. The molecule has 1 aromatic carbocycles. The lowest BCUT2D eigenvalue weighted by atomic mass is 10.4. The summed E-state index contributed by atoms with van der Waals surface area (Å²) in [5.74, 6) is -0.230. The first-order chi connectivity index (χ1) is 11.5. The van der Waals surface area contributed by atoms with Crippen molar-refractivity contribution in [2.45, 2.75) is 17.1 Å². The number of nitrogens with one attached hydrogen (secondary N) is 2. The molecule has 2 amide bonds. The van der Waals surface area contributed by atoms with Gasteiger partial charge in [0.15, 0.2) is 5.76 Å². The summed E-state index contributed by atoms with van der Waals surface area (Å²) in [5, 5.41) is 6.18. The van der Waals surface area contributed by atoms with Crippen molar-refractivity contribution in [3.63, 3.8) is 0 Å². The quantitative estimate of drug-likeness (QED) is 0.563. The van der Waals surface area contributed by atoms with Gasteiger partial charge in [-0.2, -0.15) is 0 Å². The van der Waals surface area contributed by atoms with Crippen LogP contribution in [0.4, 0.5) is 0 Å². The number of thioether (sulfide) groups is 1. The van der Waals surface area contributed by atoms with Gasteiger partial charge in [0.2, 0.25) is 5.91 Å². The molecule has 0 radical (unpaired) electrons. The lowest BCUT2D eigenvalue weighted by molar-refractivity contribution is -0.120. The van der Waals surface area contributed by atoms with E-state index in [1.165, 1.54) is 18.0 Å². The van der Waals surface area contributed by atoms with E-state index in [-0.39, 0.29) is 22.8 Å². The average molecular weight is 387 g/mol. The van der Waals surface area contributed by atoms with E-state index in [4.69, 9.17) is 27.6 Å². The third-order valence-corrected chi connectivity index (χ3v) is 4.86. The molecule has 0 saturated carbocycles. The molecule has 2 rings (SSSR count). The highest BCUT2D eigenvalue weighted by atomic mass is 35.5. The summed E-state index contributed by atoms with van der Waals surface area (Å²) in [6.07, 6.45) is 1.43. The van der Waals surface area contributed by atoms with E-state index >= 15 is 0 Å². The Labute approximate surface area is 154 Å². The largest absolute Gasteiger partial charge is 0.459 e. The molecule has 0 spiro atoms. The van der Waals surface area contributed by atoms with E-state index in [9.17, 15) is 9.59 Å². The van der Waals surface area contributed by atoms with Gasteiger partial charge in [0.25, 0.3) is 5.91 Å². The van der Waals surface area contributed by atoms with Crippen LogP contribution in [0.5, 0.6) is 0 Å². The number of rotatable bonds is 7. The normalized spacial score (nSPS) is 11.8. The molecular formula is C16H16Cl2N2O3S. The molecule has 0 bridgehead atoms. The van der Waals surface area contributed by atoms with Gasteiger partial charge in [0.1, 0.15) is 0 Å². The molecule has 1 atom stereocenters. The van der Waals surface area contributed by atoms with Crippen molar-refractivity contribution in [1.29, 1.82) is 0 Å². The minimum absolute atomic E-state index is 0.150. The number of furan rings is 1.